The van der Waals surface area contributed by atoms with Gasteiger partial charge in [-0.1, -0.05) is 18.2 Å². The van der Waals surface area contributed by atoms with Crippen molar-refractivity contribution in [3.8, 4) is 0 Å². The Bertz CT molecular complexity index is 1040. The molecule has 1 aromatic heterocycles. The van der Waals surface area contributed by atoms with Crippen molar-refractivity contribution < 1.29 is 18.4 Å². The molecular formula is C20H15F2N3O2. The molecule has 1 saturated heterocycles. The summed E-state index contributed by atoms with van der Waals surface area (Å²) in [6.45, 7) is 0.448. The third-order valence-corrected chi connectivity index (χ3v) is 4.60. The second-order valence-electron chi connectivity index (χ2n) is 6.41. The summed E-state index contributed by atoms with van der Waals surface area (Å²) in [5, 5.41) is 3.77. The molecule has 1 N–H and O–H groups in total. The van der Waals surface area contributed by atoms with E-state index in [0.717, 1.165) is 17.5 Å². The predicted molar refractivity (Wildman–Crippen MR) is 96.1 cm³/mol. The molecule has 1 fully saturated rings. The van der Waals surface area contributed by atoms with Crippen LogP contribution in [0.5, 0.6) is 0 Å². The average Bonchev–Trinajstić information content (AvgIpc) is 2.63. The van der Waals surface area contributed by atoms with Gasteiger partial charge in [-0.25, -0.2) is 8.78 Å². The van der Waals surface area contributed by atoms with Crippen molar-refractivity contribution in [2.45, 2.75) is 0 Å². The van der Waals surface area contributed by atoms with E-state index in [-0.39, 0.29) is 30.5 Å². The number of anilines is 1. The molecule has 0 bridgehead atoms. The first-order chi connectivity index (χ1) is 13.0. The van der Waals surface area contributed by atoms with Crippen molar-refractivity contribution in [3.63, 3.8) is 0 Å². The summed E-state index contributed by atoms with van der Waals surface area (Å²) in [4.78, 5) is 30.5. The molecule has 3 aromatic rings. The van der Waals surface area contributed by atoms with Crippen LogP contribution >= 0.6 is 0 Å². The number of benzene rings is 2. The van der Waals surface area contributed by atoms with Crippen LogP contribution in [0.25, 0.3) is 10.9 Å². The van der Waals surface area contributed by atoms with Crippen molar-refractivity contribution in [1.82, 2.24) is 9.88 Å². The summed E-state index contributed by atoms with van der Waals surface area (Å²) in [6.07, 6.45) is 1.66. The smallest absolute Gasteiger partial charge is 0.254 e. The van der Waals surface area contributed by atoms with E-state index in [2.05, 4.69) is 10.3 Å². The number of para-hydroxylation sites is 1. The zero-order valence-electron chi connectivity index (χ0n) is 14.2. The van der Waals surface area contributed by atoms with Crippen LogP contribution < -0.4 is 5.32 Å². The van der Waals surface area contributed by atoms with E-state index in [9.17, 15) is 18.4 Å². The van der Waals surface area contributed by atoms with Gasteiger partial charge in [-0.15, -0.1) is 0 Å². The molecule has 0 unspecified atom stereocenters. The van der Waals surface area contributed by atoms with Crippen molar-refractivity contribution in [3.05, 3.63) is 71.9 Å². The Kier molecular flexibility index (Phi) is 4.27. The fourth-order valence-corrected chi connectivity index (χ4v) is 3.06. The van der Waals surface area contributed by atoms with Crippen molar-refractivity contribution in [1.29, 1.82) is 0 Å². The molecule has 0 aliphatic carbocycles. The molecule has 0 spiro atoms. The number of amides is 2. The summed E-state index contributed by atoms with van der Waals surface area (Å²) >= 11 is 0. The Hall–Kier alpha value is -3.35. The van der Waals surface area contributed by atoms with Crippen LogP contribution in [0.4, 0.5) is 14.5 Å². The summed E-state index contributed by atoms with van der Waals surface area (Å²) in [7, 11) is 0. The lowest BCUT2D eigenvalue weighted by Gasteiger charge is -2.38. The lowest BCUT2D eigenvalue weighted by molar-refractivity contribution is -0.123. The number of carbonyl (C=O) groups is 2. The molecule has 2 amide bonds. The van der Waals surface area contributed by atoms with E-state index < -0.39 is 17.5 Å². The van der Waals surface area contributed by atoms with E-state index in [1.165, 1.54) is 11.0 Å². The number of nitrogens with zero attached hydrogens (tertiary/aromatic N) is 2. The lowest BCUT2D eigenvalue weighted by atomic mass is 9.97. The maximum absolute atomic E-state index is 13.3. The Morgan fingerprint density at radius 3 is 2.59 bits per heavy atom. The highest BCUT2D eigenvalue weighted by atomic mass is 19.2. The minimum atomic E-state index is -1.07. The lowest BCUT2D eigenvalue weighted by Crippen LogP contribution is -2.54. The fraction of sp³-hybridized carbons (Fsp3) is 0.150. The molecule has 1 aliphatic heterocycles. The van der Waals surface area contributed by atoms with E-state index in [1.54, 1.807) is 12.3 Å². The summed E-state index contributed by atoms with van der Waals surface area (Å²) < 4.78 is 26.3. The van der Waals surface area contributed by atoms with Crippen LogP contribution in [-0.4, -0.2) is 34.8 Å². The number of rotatable bonds is 3. The molecule has 4 rings (SSSR count). The minimum Gasteiger partial charge on any atom is -0.337 e. The monoisotopic (exact) mass is 367 g/mol. The number of carbonyl (C=O) groups excluding carboxylic acids is 2. The first-order valence-electron chi connectivity index (χ1n) is 8.42. The molecule has 0 atom stereocenters. The van der Waals surface area contributed by atoms with Gasteiger partial charge in [0.25, 0.3) is 5.91 Å². The number of fused-ring (bicyclic) bond motifs is 1. The third kappa shape index (κ3) is 3.23. The highest BCUT2D eigenvalue weighted by Gasteiger charge is 2.36. The topological polar surface area (TPSA) is 62.3 Å². The first kappa shape index (κ1) is 17.1. The molecule has 5 nitrogen and oxygen atoms in total. The molecule has 136 valence electrons. The molecule has 7 heteroatoms. The van der Waals surface area contributed by atoms with Gasteiger partial charge in [-0.05, 0) is 30.3 Å². The summed E-state index contributed by atoms with van der Waals surface area (Å²) in [6, 6.07) is 12.3. The van der Waals surface area contributed by atoms with Gasteiger partial charge in [0.05, 0.1) is 17.1 Å². The zero-order valence-corrected chi connectivity index (χ0v) is 14.2. The Morgan fingerprint density at radius 1 is 1.04 bits per heavy atom. The van der Waals surface area contributed by atoms with Crippen LogP contribution in [0.15, 0.2) is 54.7 Å². The van der Waals surface area contributed by atoms with Crippen LogP contribution in [0.3, 0.4) is 0 Å². The van der Waals surface area contributed by atoms with Gasteiger partial charge in [-0.2, -0.15) is 0 Å². The standard InChI is InChI=1S/C20H15F2N3O2/c21-15-7-6-13(9-16(15)22)20(27)25-10-14(11-25)19(26)24-17-5-1-3-12-4-2-8-23-18(12)17/h1-9,14H,10-11H2,(H,24,26). The highest BCUT2D eigenvalue weighted by Crippen LogP contribution is 2.24. The van der Waals surface area contributed by atoms with Crippen LogP contribution in [0.1, 0.15) is 10.4 Å². The van der Waals surface area contributed by atoms with Gasteiger partial charge in [0, 0.05) is 30.2 Å². The van der Waals surface area contributed by atoms with Crippen LogP contribution in [0.2, 0.25) is 0 Å². The molecule has 27 heavy (non-hydrogen) atoms. The summed E-state index contributed by atoms with van der Waals surface area (Å²) in [5.41, 5.74) is 1.37. The number of pyridine rings is 1. The van der Waals surface area contributed by atoms with Gasteiger partial charge in [0.1, 0.15) is 0 Å². The Labute approximate surface area is 153 Å². The number of aromatic nitrogens is 1. The Balaban J connectivity index is 1.41. The molecule has 0 saturated carbocycles. The van der Waals surface area contributed by atoms with E-state index in [4.69, 9.17) is 0 Å². The van der Waals surface area contributed by atoms with E-state index in [0.29, 0.717) is 11.2 Å². The van der Waals surface area contributed by atoms with Crippen molar-refractivity contribution in [2.75, 3.05) is 18.4 Å². The summed E-state index contributed by atoms with van der Waals surface area (Å²) in [5.74, 6) is -3.07. The van der Waals surface area contributed by atoms with Crippen LogP contribution in [-0.2, 0) is 4.79 Å². The van der Waals surface area contributed by atoms with E-state index in [1.807, 2.05) is 24.3 Å². The van der Waals surface area contributed by atoms with Gasteiger partial charge < -0.3 is 10.2 Å². The second-order valence-corrected chi connectivity index (χ2v) is 6.41. The SMILES string of the molecule is O=C(Nc1cccc2cccnc12)C1CN(C(=O)c2ccc(F)c(F)c2)C1. The molecule has 0 radical (unpaired) electrons. The van der Waals surface area contributed by atoms with Gasteiger partial charge >= 0.3 is 0 Å². The average molecular weight is 367 g/mol. The largest absolute Gasteiger partial charge is 0.337 e. The van der Waals surface area contributed by atoms with Crippen molar-refractivity contribution in [2.24, 2.45) is 5.92 Å². The van der Waals surface area contributed by atoms with Gasteiger partial charge in [0.15, 0.2) is 11.6 Å². The molecule has 2 aromatic carbocycles. The maximum atomic E-state index is 13.3. The highest BCUT2D eigenvalue weighted by molar-refractivity contribution is 6.02. The zero-order chi connectivity index (χ0) is 19.0. The van der Waals surface area contributed by atoms with Gasteiger partial charge in [-0.3, -0.25) is 14.6 Å². The van der Waals surface area contributed by atoms with Crippen LogP contribution in [0, 0.1) is 17.6 Å². The third-order valence-electron chi connectivity index (χ3n) is 4.60. The number of hydrogen-bond acceptors (Lipinski definition) is 3. The molecule has 1 aliphatic rings. The number of likely N-dealkylation sites (tertiary alicyclic amines) is 1. The first-order valence-corrected chi connectivity index (χ1v) is 8.42. The fourth-order valence-electron chi connectivity index (χ4n) is 3.06. The predicted octanol–water partition coefficient (Wildman–Crippen LogP) is 3.22. The molecule has 2 heterocycles. The number of nitrogens with one attached hydrogen (secondary N) is 1. The minimum absolute atomic E-state index is 0.0611. The number of halogens is 2. The second kappa shape index (κ2) is 6.75. The number of hydrogen-bond donors (Lipinski definition) is 1. The van der Waals surface area contributed by atoms with E-state index >= 15 is 0 Å². The quantitative estimate of drug-likeness (QED) is 0.773. The normalized spacial score (nSPS) is 14.1. The van der Waals surface area contributed by atoms with Gasteiger partial charge in [0.2, 0.25) is 5.91 Å². The maximum Gasteiger partial charge on any atom is 0.254 e. The Morgan fingerprint density at radius 2 is 1.81 bits per heavy atom. The molecular weight excluding hydrogens is 352 g/mol. The van der Waals surface area contributed by atoms with Crippen molar-refractivity contribution >= 4 is 28.4 Å².